The Labute approximate surface area is 122 Å². The van der Waals surface area contributed by atoms with Gasteiger partial charge in [0.2, 0.25) is 0 Å². The third-order valence-electron chi connectivity index (χ3n) is 4.31. The number of nitrogens with zero attached hydrogens (tertiary/aromatic N) is 1. The highest BCUT2D eigenvalue weighted by Gasteiger charge is 2.25. The van der Waals surface area contributed by atoms with E-state index in [2.05, 4.69) is 49.4 Å². The van der Waals surface area contributed by atoms with Gasteiger partial charge < -0.3 is 5.32 Å². The van der Waals surface area contributed by atoms with Gasteiger partial charge in [-0.2, -0.15) is 0 Å². The zero-order valence-corrected chi connectivity index (χ0v) is 13.6. The lowest BCUT2D eigenvalue weighted by Gasteiger charge is -2.37. The molecule has 0 amide bonds. The molecule has 1 aliphatic rings. The quantitative estimate of drug-likeness (QED) is 0.882. The van der Waals surface area contributed by atoms with E-state index in [0.29, 0.717) is 12.1 Å². The van der Waals surface area contributed by atoms with Crippen LogP contribution in [0.15, 0.2) is 11.4 Å². The van der Waals surface area contributed by atoms with Crippen molar-refractivity contribution in [2.45, 2.75) is 52.6 Å². The fourth-order valence-corrected chi connectivity index (χ4v) is 4.16. The van der Waals surface area contributed by atoms with Crippen molar-refractivity contribution in [3.63, 3.8) is 0 Å². The smallest absolute Gasteiger partial charge is 0.0418 e. The molecular weight excluding hydrogens is 252 g/mol. The van der Waals surface area contributed by atoms with Gasteiger partial charge in [0.05, 0.1) is 0 Å². The molecule has 1 aromatic rings. The maximum Gasteiger partial charge on any atom is 0.0418 e. The molecule has 1 aromatic heterocycles. The number of aryl methyl sites for hydroxylation is 1. The molecule has 2 atom stereocenters. The monoisotopic (exact) mass is 280 g/mol. The minimum atomic E-state index is 0.543. The van der Waals surface area contributed by atoms with Crippen LogP contribution in [0, 0.1) is 12.8 Å². The Bertz CT molecular complexity index is 380. The molecule has 0 bridgehead atoms. The van der Waals surface area contributed by atoms with Crippen molar-refractivity contribution in [3.8, 4) is 0 Å². The molecule has 0 spiro atoms. The lowest BCUT2D eigenvalue weighted by Crippen LogP contribution is -2.42. The fourth-order valence-electron chi connectivity index (χ4n) is 3.16. The summed E-state index contributed by atoms with van der Waals surface area (Å²) in [6, 6.07) is 3.40. The molecular formula is C16H28N2S. The third-order valence-corrected chi connectivity index (χ3v) is 5.50. The first kappa shape index (κ1) is 15.0. The summed E-state index contributed by atoms with van der Waals surface area (Å²) in [6.07, 6.45) is 2.72. The van der Waals surface area contributed by atoms with Crippen LogP contribution in [0.4, 0.5) is 0 Å². The van der Waals surface area contributed by atoms with Gasteiger partial charge in [-0.05, 0) is 76.6 Å². The molecule has 0 radical (unpaired) electrons. The average Bonchev–Trinajstić information content (AvgIpc) is 2.82. The zero-order chi connectivity index (χ0) is 13.8. The van der Waals surface area contributed by atoms with E-state index in [9.17, 15) is 0 Å². The Morgan fingerprint density at radius 3 is 2.74 bits per heavy atom. The Morgan fingerprint density at radius 1 is 1.42 bits per heavy atom. The first-order valence-electron chi connectivity index (χ1n) is 7.60. The molecule has 3 heteroatoms. The van der Waals surface area contributed by atoms with Gasteiger partial charge in [-0.3, -0.25) is 4.90 Å². The van der Waals surface area contributed by atoms with Crippen LogP contribution in [0.5, 0.6) is 0 Å². The van der Waals surface area contributed by atoms with Crippen LogP contribution in [0.3, 0.4) is 0 Å². The summed E-state index contributed by atoms with van der Waals surface area (Å²) in [7, 11) is 0. The zero-order valence-electron chi connectivity index (χ0n) is 12.8. The number of piperidine rings is 1. The van der Waals surface area contributed by atoms with E-state index < -0.39 is 0 Å². The topological polar surface area (TPSA) is 15.3 Å². The number of thiophene rings is 1. The predicted molar refractivity (Wildman–Crippen MR) is 84.9 cm³/mol. The van der Waals surface area contributed by atoms with Crippen LogP contribution in [-0.2, 0) is 0 Å². The van der Waals surface area contributed by atoms with Crippen LogP contribution in [0.1, 0.15) is 50.1 Å². The minimum absolute atomic E-state index is 0.543. The molecule has 0 saturated carbocycles. The average molecular weight is 280 g/mol. The second kappa shape index (κ2) is 6.87. The molecule has 19 heavy (non-hydrogen) atoms. The highest BCUT2D eigenvalue weighted by Crippen LogP contribution is 2.31. The first-order valence-corrected chi connectivity index (χ1v) is 8.48. The second-order valence-corrected chi connectivity index (χ2v) is 7.09. The summed E-state index contributed by atoms with van der Waals surface area (Å²) in [6.45, 7) is 12.9. The predicted octanol–water partition coefficient (Wildman–Crippen LogP) is 3.83. The van der Waals surface area contributed by atoms with E-state index in [-0.39, 0.29) is 0 Å². The lowest BCUT2D eigenvalue weighted by atomic mass is 9.97. The molecule has 1 fully saturated rings. The molecule has 2 heterocycles. The van der Waals surface area contributed by atoms with Crippen LogP contribution in [-0.4, -0.2) is 30.6 Å². The van der Waals surface area contributed by atoms with Crippen LogP contribution in [0.2, 0.25) is 0 Å². The van der Waals surface area contributed by atoms with E-state index in [0.717, 1.165) is 5.92 Å². The maximum absolute atomic E-state index is 3.54. The third kappa shape index (κ3) is 3.80. The van der Waals surface area contributed by atoms with E-state index >= 15 is 0 Å². The lowest BCUT2D eigenvalue weighted by molar-refractivity contribution is 0.128. The number of hydrogen-bond acceptors (Lipinski definition) is 3. The second-order valence-electron chi connectivity index (χ2n) is 6.15. The van der Waals surface area contributed by atoms with Crippen molar-refractivity contribution in [2.75, 3.05) is 19.6 Å². The molecule has 0 aliphatic carbocycles. The molecule has 1 saturated heterocycles. The maximum atomic E-state index is 3.54. The summed E-state index contributed by atoms with van der Waals surface area (Å²) in [5, 5.41) is 5.76. The van der Waals surface area contributed by atoms with Gasteiger partial charge in [-0.1, -0.05) is 0 Å². The SMILES string of the molecule is Cc1ccsc1C(C)N(CC1CCCNC1)C(C)C. The summed E-state index contributed by atoms with van der Waals surface area (Å²) in [5.74, 6) is 0.818. The summed E-state index contributed by atoms with van der Waals surface area (Å²) < 4.78 is 0. The highest BCUT2D eigenvalue weighted by atomic mass is 32.1. The van der Waals surface area contributed by atoms with Gasteiger partial charge in [-0.25, -0.2) is 0 Å². The Hall–Kier alpha value is -0.380. The number of nitrogens with one attached hydrogen (secondary N) is 1. The van der Waals surface area contributed by atoms with Crippen molar-refractivity contribution < 1.29 is 0 Å². The van der Waals surface area contributed by atoms with Gasteiger partial charge in [0.25, 0.3) is 0 Å². The Kier molecular flexibility index (Phi) is 5.43. The minimum Gasteiger partial charge on any atom is -0.316 e. The summed E-state index contributed by atoms with van der Waals surface area (Å²) >= 11 is 1.91. The molecule has 108 valence electrons. The van der Waals surface area contributed by atoms with Gasteiger partial charge in [0.15, 0.2) is 0 Å². The van der Waals surface area contributed by atoms with Crippen molar-refractivity contribution in [2.24, 2.45) is 5.92 Å². The van der Waals surface area contributed by atoms with E-state index in [1.165, 1.54) is 42.9 Å². The molecule has 2 nitrogen and oxygen atoms in total. The molecule has 2 unspecified atom stereocenters. The number of hydrogen-bond donors (Lipinski definition) is 1. The normalized spacial score (nSPS) is 22.1. The number of rotatable bonds is 5. The van der Waals surface area contributed by atoms with E-state index in [4.69, 9.17) is 0 Å². The van der Waals surface area contributed by atoms with Crippen molar-refractivity contribution in [3.05, 3.63) is 21.9 Å². The Morgan fingerprint density at radius 2 is 2.21 bits per heavy atom. The molecule has 2 rings (SSSR count). The molecule has 0 aromatic carbocycles. The standard InChI is InChI=1S/C16H28N2S/c1-12(2)18(11-15-6-5-8-17-10-15)14(4)16-13(3)7-9-19-16/h7,9,12,14-15,17H,5-6,8,10-11H2,1-4H3. The molecule has 1 N–H and O–H groups in total. The van der Waals surface area contributed by atoms with Crippen LogP contribution >= 0.6 is 11.3 Å². The van der Waals surface area contributed by atoms with Gasteiger partial charge >= 0.3 is 0 Å². The van der Waals surface area contributed by atoms with Crippen molar-refractivity contribution in [1.29, 1.82) is 0 Å². The Balaban J connectivity index is 2.04. The van der Waals surface area contributed by atoms with E-state index in [1.54, 1.807) is 0 Å². The summed E-state index contributed by atoms with van der Waals surface area (Å²) in [5.41, 5.74) is 1.45. The van der Waals surface area contributed by atoms with Crippen LogP contribution in [0.25, 0.3) is 0 Å². The fraction of sp³-hybridized carbons (Fsp3) is 0.750. The summed E-state index contributed by atoms with van der Waals surface area (Å²) in [4.78, 5) is 4.22. The molecule has 1 aliphatic heterocycles. The van der Waals surface area contributed by atoms with Crippen molar-refractivity contribution >= 4 is 11.3 Å². The van der Waals surface area contributed by atoms with Gasteiger partial charge in [0, 0.05) is 23.5 Å². The van der Waals surface area contributed by atoms with Gasteiger partial charge in [0.1, 0.15) is 0 Å². The van der Waals surface area contributed by atoms with Crippen LogP contribution < -0.4 is 5.32 Å². The van der Waals surface area contributed by atoms with E-state index in [1.807, 2.05) is 11.3 Å². The largest absolute Gasteiger partial charge is 0.316 e. The van der Waals surface area contributed by atoms with Gasteiger partial charge in [-0.15, -0.1) is 11.3 Å². The first-order chi connectivity index (χ1) is 9.09. The van der Waals surface area contributed by atoms with Crippen molar-refractivity contribution in [1.82, 2.24) is 10.2 Å². The highest BCUT2D eigenvalue weighted by molar-refractivity contribution is 7.10.